The van der Waals surface area contributed by atoms with Gasteiger partial charge in [0.2, 0.25) is 0 Å². The highest BCUT2D eigenvalue weighted by molar-refractivity contribution is 14.0. The van der Waals surface area contributed by atoms with Gasteiger partial charge in [-0.1, -0.05) is 0 Å². The van der Waals surface area contributed by atoms with E-state index in [0.29, 0.717) is 13.1 Å². The minimum Gasteiger partial charge on any atom is -0.378 e. The van der Waals surface area contributed by atoms with Crippen molar-refractivity contribution in [3.63, 3.8) is 0 Å². The molecule has 2 aliphatic heterocycles. The molecule has 2 rings (SSSR count). The molecule has 2 heterocycles. The second kappa shape index (κ2) is 8.71. The van der Waals surface area contributed by atoms with Crippen LogP contribution in [0.2, 0.25) is 0 Å². The summed E-state index contributed by atoms with van der Waals surface area (Å²) in [4.78, 5) is 8.80. The lowest BCUT2D eigenvalue weighted by Crippen LogP contribution is -2.58. The molecule has 0 aromatic carbocycles. The lowest BCUT2D eigenvalue weighted by atomic mass is 10.0. The van der Waals surface area contributed by atoms with E-state index in [4.69, 9.17) is 4.74 Å². The van der Waals surface area contributed by atoms with Crippen molar-refractivity contribution >= 4 is 39.8 Å². The van der Waals surface area contributed by atoms with E-state index in [1.54, 1.807) is 20.9 Å². The number of nitrogens with zero attached hydrogens (tertiary/aromatic N) is 3. The Morgan fingerprint density at radius 1 is 1.24 bits per heavy atom. The molecule has 7 nitrogen and oxygen atoms in total. The maximum atomic E-state index is 12.1. The molecule has 0 saturated carbocycles. The second-order valence-corrected chi connectivity index (χ2v) is 10.6. The first-order valence-corrected chi connectivity index (χ1v) is 10.2. The summed E-state index contributed by atoms with van der Waals surface area (Å²) in [6, 6.07) is 0. The monoisotopic (exact) mass is 488 g/mol. The first-order valence-electron chi connectivity index (χ1n) is 8.60. The van der Waals surface area contributed by atoms with Crippen LogP contribution in [0.1, 0.15) is 27.7 Å². The molecule has 0 aromatic rings. The van der Waals surface area contributed by atoms with Crippen LogP contribution in [0.25, 0.3) is 0 Å². The summed E-state index contributed by atoms with van der Waals surface area (Å²) in [5, 5.41) is 3.39. The SMILES string of the molecule is CN=C(NCCN1CCOCC1(C)C)N1CCS(=O)(=O)C(C)(C)C1.I. The Labute approximate surface area is 169 Å². The number of guanidine groups is 1. The van der Waals surface area contributed by atoms with Crippen molar-refractivity contribution in [1.29, 1.82) is 0 Å². The quantitative estimate of drug-likeness (QED) is 0.360. The van der Waals surface area contributed by atoms with Gasteiger partial charge in [0.15, 0.2) is 15.8 Å². The van der Waals surface area contributed by atoms with Crippen molar-refractivity contribution in [3.8, 4) is 0 Å². The average Bonchev–Trinajstić information content (AvgIpc) is 2.48. The van der Waals surface area contributed by atoms with Crippen LogP contribution in [0.3, 0.4) is 0 Å². The lowest BCUT2D eigenvalue weighted by molar-refractivity contribution is -0.0496. The Morgan fingerprint density at radius 3 is 2.48 bits per heavy atom. The fourth-order valence-electron chi connectivity index (χ4n) is 3.26. The van der Waals surface area contributed by atoms with Crippen LogP contribution in [0.5, 0.6) is 0 Å². The molecule has 2 saturated heterocycles. The maximum Gasteiger partial charge on any atom is 0.193 e. The molecule has 1 N–H and O–H groups in total. The van der Waals surface area contributed by atoms with Gasteiger partial charge < -0.3 is 15.0 Å². The van der Waals surface area contributed by atoms with Gasteiger partial charge in [-0.15, -0.1) is 24.0 Å². The van der Waals surface area contributed by atoms with Crippen LogP contribution >= 0.6 is 24.0 Å². The zero-order valence-electron chi connectivity index (χ0n) is 16.0. The van der Waals surface area contributed by atoms with Crippen molar-refractivity contribution in [2.45, 2.75) is 38.0 Å². The van der Waals surface area contributed by atoms with E-state index in [2.05, 4.69) is 29.1 Å². The van der Waals surface area contributed by atoms with E-state index in [-0.39, 0.29) is 35.3 Å². The normalized spacial score (nSPS) is 26.0. The summed E-state index contributed by atoms with van der Waals surface area (Å²) < 4.78 is 29.1. The van der Waals surface area contributed by atoms with Crippen molar-refractivity contribution in [3.05, 3.63) is 0 Å². The molecule has 2 fully saturated rings. The third kappa shape index (κ3) is 5.43. The van der Waals surface area contributed by atoms with Crippen LogP contribution in [0.4, 0.5) is 0 Å². The predicted molar refractivity (Wildman–Crippen MR) is 113 cm³/mol. The second-order valence-electron chi connectivity index (χ2n) is 7.83. The van der Waals surface area contributed by atoms with Gasteiger partial charge >= 0.3 is 0 Å². The van der Waals surface area contributed by atoms with Gasteiger partial charge in [0.1, 0.15) is 0 Å². The third-order valence-corrected chi connectivity index (χ3v) is 7.57. The number of rotatable bonds is 3. The van der Waals surface area contributed by atoms with Crippen molar-refractivity contribution in [1.82, 2.24) is 15.1 Å². The van der Waals surface area contributed by atoms with Gasteiger partial charge in [-0.25, -0.2) is 8.42 Å². The summed E-state index contributed by atoms with van der Waals surface area (Å²) in [5.74, 6) is 0.959. The highest BCUT2D eigenvalue weighted by Gasteiger charge is 2.41. The molecule has 0 amide bonds. The number of halogens is 1. The maximum absolute atomic E-state index is 12.1. The fraction of sp³-hybridized carbons (Fsp3) is 0.938. The predicted octanol–water partition coefficient (Wildman–Crippen LogP) is 0.800. The molecular formula is C16H33IN4O3S. The van der Waals surface area contributed by atoms with Crippen LogP contribution in [-0.2, 0) is 14.6 Å². The van der Waals surface area contributed by atoms with Crippen LogP contribution in [0.15, 0.2) is 4.99 Å². The molecule has 0 bridgehead atoms. The third-order valence-electron chi connectivity index (χ3n) is 5.04. The average molecular weight is 488 g/mol. The number of hydrogen-bond acceptors (Lipinski definition) is 5. The number of sulfone groups is 1. The van der Waals surface area contributed by atoms with E-state index in [1.807, 2.05) is 4.90 Å². The highest BCUT2D eigenvalue weighted by atomic mass is 127. The number of hydrogen-bond donors (Lipinski definition) is 1. The molecule has 25 heavy (non-hydrogen) atoms. The molecule has 2 aliphatic rings. The summed E-state index contributed by atoms with van der Waals surface area (Å²) >= 11 is 0. The number of morpholine rings is 1. The van der Waals surface area contributed by atoms with Gasteiger partial charge in [-0.3, -0.25) is 9.89 Å². The highest BCUT2D eigenvalue weighted by Crippen LogP contribution is 2.23. The zero-order valence-corrected chi connectivity index (χ0v) is 19.2. The molecule has 148 valence electrons. The lowest BCUT2D eigenvalue weighted by Gasteiger charge is -2.42. The smallest absolute Gasteiger partial charge is 0.193 e. The van der Waals surface area contributed by atoms with Crippen LogP contribution < -0.4 is 5.32 Å². The van der Waals surface area contributed by atoms with Crippen molar-refractivity contribution in [2.24, 2.45) is 4.99 Å². The molecule has 9 heteroatoms. The fourth-order valence-corrected chi connectivity index (χ4v) is 4.63. The van der Waals surface area contributed by atoms with Gasteiger partial charge in [-0.2, -0.15) is 0 Å². The van der Waals surface area contributed by atoms with Crippen LogP contribution in [-0.4, -0.2) is 93.2 Å². The number of ether oxygens (including phenoxy) is 1. The minimum atomic E-state index is -3.04. The van der Waals surface area contributed by atoms with E-state index in [0.717, 1.165) is 38.8 Å². The Kier molecular flexibility index (Phi) is 7.98. The summed E-state index contributed by atoms with van der Waals surface area (Å²) in [6.45, 7) is 13.1. The first-order chi connectivity index (χ1) is 11.1. The first kappa shape index (κ1) is 22.9. The molecule has 0 aromatic heterocycles. The standard InChI is InChI=1S/C16H32N4O3S.HI/c1-15(2)13-23-10-8-20(15)7-6-18-14(17-5)19-9-11-24(21,22)16(3,4)12-19;/h6-13H2,1-5H3,(H,17,18);1H. The van der Waals surface area contributed by atoms with E-state index in [9.17, 15) is 8.42 Å². The largest absolute Gasteiger partial charge is 0.378 e. The van der Waals surface area contributed by atoms with Crippen molar-refractivity contribution in [2.75, 3.05) is 58.7 Å². The van der Waals surface area contributed by atoms with Crippen molar-refractivity contribution < 1.29 is 13.2 Å². The zero-order chi connectivity index (χ0) is 18.0. The Balaban J connectivity index is 0.00000312. The molecule has 0 unspecified atom stereocenters. The molecule has 0 radical (unpaired) electrons. The topological polar surface area (TPSA) is 74.2 Å². The van der Waals surface area contributed by atoms with Crippen LogP contribution in [0, 0.1) is 0 Å². The Hall–Kier alpha value is -0.130. The van der Waals surface area contributed by atoms with E-state index in [1.165, 1.54) is 0 Å². The minimum absolute atomic E-state index is 0. The summed E-state index contributed by atoms with van der Waals surface area (Å²) in [6.07, 6.45) is 0. The summed E-state index contributed by atoms with van der Waals surface area (Å²) in [7, 11) is -1.29. The molecule has 0 aliphatic carbocycles. The molecule has 0 spiro atoms. The van der Waals surface area contributed by atoms with E-state index >= 15 is 0 Å². The van der Waals surface area contributed by atoms with E-state index < -0.39 is 14.6 Å². The van der Waals surface area contributed by atoms with Gasteiger partial charge in [0, 0.05) is 45.3 Å². The van der Waals surface area contributed by atoms with Gasteiger partial charge in [0.05, 0.1) is 23.7 Å². The number of aliphatic imine (C=N–C) groups is 1. The molecule has 0 atom stereocenters. The number of nitrogens with one attached hydrogen (secondary N) is 1. The summed E-state index contributed by atoms with van der Waals surface area (Å²) in [5.41, 5.74) is 0.0463. The van der Waals surface area contributed by atoms with Gasteiger partial charge in [0.25, 0.3) is 0 Å². The molecular weight excluding hydrogens is 455 g/mol. The Morgan fingerprint density at radius 2 is 1.92 bits per heavy atom. The van der Waals surface area contributed by atoms with Gasteiger partial charge in [-0.05, 0) is 27.7 Å². The Bertz CT molecular complexity index is 578.